The number of hydrogen-bond acceptors (Lipinski definition) is 0. The Balaban J connectivity index is 0.00000224. The second-order valence-electron chi connectivity index (χ2n) is 19.3. The normalized spacial score (nSPS) is 17.4. The predicted octanol–water partition coefficient (Wildman–Crippen LogP) is 10.3. The third-order valence-electron chi connectivity index (χ3n) is 13.9. The molecule has 0 spiro atoms. The van der Waals surface area contributed by atoms with Crippen molar-refractivity contribution in [1.29, 1.82) is 0 Å². The molecule has 0 bridgehead atoms. The minimum absolute atomic E-state index is 0. The van der Waals surface area contributed by atoms with E-state index in [4.69, 9.17) is 0 Å². The van der Waals surface area contributed by atoms with Gasteiger partial charge in [-0.2, -0.15) is 0 Å². The van der Waals surface area contributed by atoms with E-state index in [1.165, 1.54) is 84.7 Å². The Kier molecular flexibility index (Phi) is 9.83. The summed E-state index contributed by atoms with van der Waals surface area (Å²) in [6.07, 6.45) is 5.38. The quantitative estimate of drug-likeness (QED) is 0.155. The SMILES string of the molecule is CC(C)(C)C1=Cc2c(-c3c4ccccc4cc4ccccc34)cccc2[CH]1[Zr+2]1([CH]2C(C(C)(C)C)=Cc3c(-c4c5ccccc5cc5ccccc45)cccc32)[CH2][CH2]1.[Cl-].[Cl-]. The van der Waals surface area contributed by atoms with Crippen molar-refractivity contribution in [2.75, 3.05) is 0 Å². The molecular formula is C56H50Cl2Zr. The van der Waals surface area contributed by atoms with E-state index < -0.39 is 20.3 Å². The van der Waals surface area contributed by atoms with Crippen LogP contribution in [0.15, 0.2) is 157 Å². The summed E-state index contributed by atoms with van der Waals surface area (Å²) in [7, 11) is 0. The second-order valence-corrected chi connectivity index (χ2v) is 30.7. The number of halogens is 2. The van der Waals surface area contributed by atoms with Crippen LogP contribution in [0.3, 0.4) is 0 Å². The van der Waals surface area contributed by atoms with E-state index in [0.717, 1.165) is 0 Å². The van der Waals surface area contributed by atoms with E-state index in [1.54, 1.807) is 22.3 Å². The third-order valence-corrected chi connectivity index (χ3v) is 26.7. The maximum absolute atomic E-state index is 3.12. The molecule has 1 heterocycles. The summed E-state index contributed by atoms with van der Waals surface area (Å²) >= 11 is -3.12. The number of rotatable bonds is 4. The van der Waals surface area contributed by atoms with Gasteiger partial charge in [0, 0.05) is 0 Å². The van der Waals surface area contributed by atoms with Gasteiger partial charge in [-0.25, -0.2) is 0 Å². The van der Waals surface area contributed by atoms with Crippen molar-refractivity contribution in [3.05, 3.63) is 179 Å². The first-order valence-electron chi connectivity index (χ1n) is 21.0. The monoisotopic (exact) mass is 882 g/mol. The van der Waals surface area contributed by atoms with Gasteiger partial charge in [-0.3, -0.25) is 0 Å². The van der Waals surface area contributed by atoms with Gasteiger partial charge in [-0.1, -0.05) is 0 Å². The Hall–Kier alpha value is -4.26. The first kappa shape index (κ1) is 40.2. The van der Waals surface area contributed by atoms with Crippen molar-refractivity contribution in [2.24, 2.45) is 10.8 Å². The molecule has 0 radical (unpaired) electrons. The van der Waals surface area contributed by atoms with Crippen LogP contribution in [0, 0.1) is 10.8 Å². The molecule has 11 rings (SSSR count). The van der Waals surface area contributed by atoms with E-state index in [2.05, 4.69) is 199 Å². The smallest absolute Gasteiger partial charge is 1.00 e. The molecule has 59 heavy (non-hydrogen) atoms. The minimum atomic E-state index is -3.12. The van der Waals surface area contributed by atoms with E-state index >= 15 is 0 Å². The van der Waals surface area contributed by atoms with Gasteiger partial charge in [0.25, 0.3) is 0 Å². The van der Waals surface area contributed by atoms with Gasteiger partial charge in [0.15, 0.2) is 0 Å². The van der Waals surface area contributed by atoms with Gasteiger partial charge in [-0.15, -0.1) is 0 Å². The first-order valence-corrected chi connectivity index (χ1v) is 27.4. The minimum Gasteiger partial charge on any atom is -1.00 e. The van der Waals surface area contributed by atoms with Gasteiger partial charge < -0.3 is 24.8 Å². The van der Waals surface area contributed by atoms with Crippen LogP contribution in [0.25, 0.3) is 77.5 Å². The molecule has 3 aliphatic rings. The molecule has 8 aromatic carbocycles. The molecular weight excluding hydrogens is 835 g/mol. The molecule has 1 fully saturated rings. The molecule has 2 unspecified atom stereocenters. The maximum atomic E-state index is 2.69. The summed E-state index contributed by atoms with van der Waals surface area (Å²) in [5.41, 5.74) is 15.2. The largest absolute Gasteiger partial charge is 1.00 e. The fourth-order valence-electron chi connectivity index (χ4n) is 11.3. The third kappa shape index (κ3) is 6.17. The first-order chi connectivity index (χ1) is 27.5. The number of allylic oxidation sites excluding steroid dienone is 2. The fraction of sp³-hybridized carbons (Fsp3) is 0.214. The number of hydrogen-bond donors (Lipinski definition) is 0. The zero-order valence-electron chi connectivity index (χ0n) is 34.8. The standard InChI is InChI=1S/2C27H23.C2H4.2ClH.Zr/c2*1-27(2,3)21-16-20-11-8-14-24(25(20)17-21)26-22-12-6-4-9-18(22)15-19-10-5-7-13-23(19)26;1-2;;;/h2*4-17H,1-3H3;1-2H2;2*1H;/q;;;;;+2/p-2. The molecule has 3 heteroatoms. The molecule has 0 aromatic heterocycles. The van der Waals surface area contributed by atoms with Crippen LogP contribution in [0.5, 0.6) is 0 Å². The average Bonchev–Trinajstić information content (AvgIpc) is 3.70. The van der Waals surface area contributed by atoms with Gasteiger partial charge in [0.05, 0.1) is 0 Å². The van der Waals surface area contributed by atoms with Crippen molar-refractivity contribution in [2.45, 2.75) is 57.1 Å². The fourth-order valence-corrected chi connectivity index (χ4v) is 29.7. The Labute approximate surface area is 366 Å². The van der Waals surface area contributed by atoms with Gasteiger partial charge in [-0.05, 0) is 0 Å². The molecule has 2 atom stereocenters. The van der Waals surface area contributed by atoms with Crippen LogP contribution < -0.4 is 24.8 Å². The van der Waals surface area contributed by atoms with Crippen LogP contribution >= 0.6 is 0 Å². The molecule has 0 nitrogen and oxygen atoms in total. The van der Waals surface area contributed by atoms with Crippen molar-refractivity contribution >= 4 is 55.2 Å². The topological polar surface area (TPSA) is 0 Å². The van der Waals surface area contributed by atoms with Crippen LogP contribution in [0.1, 0.15) is 71.0 Å². The van der Waals surface area contributed by atoms with Crippen LogP contribution in [0.2, 0.25) is 8.26 Å². The predicted molar refractivity (Wildman–Crippen MR) is 244 cm³/mol. The molecule has 1 aliphatic heterocycles. The van der Waals surface area contributed by atoms with E-state index in [1.807, 2.05) is 0 Å². The molecule has 0 N–H and O–H groups in total. The van der Waals surface area contributed by atoms with Crippen molar-refractivity contribution in [3.8, 4) is 22.3 Å². The van der Waals surface area contributed by atoms with Crippen molar-refractivity contribution in [3.63, 3.8) is 0 Å². The van der Waals surface area contributed by atoms with Crippen molar-refractivity contribution in [1.82, 2.24) is 0 Å². The summed E-state index contributed by atoms with van der Waals surface area (Å²) in [5.74, 6) is 0. The zero-order valence-corrected chi connectivity index (χ0v) is 38.8. The Morgan fingerprint density at radius 1 is 0.407 bits per heavy atom. The van der Waals surface area contributed by atoms with Crippen LogP contribution in [-0.4, -0.2) is 0 Å². The summed E-state index contributed by atoms with van der Waals surface area (Å²) < 4.78 is 3.96. The Bertz CT molecular complexity index is 2740. The summed E-state index contributed by atoms with van der Waals surface area (Å²) in [5, 5.41) is 10.6. The molecule has 292 valence electrons. The summed E-state index contributed by atoms with van der Waals surface area (Å²) in [4.78, 5) is 0. The average molecular weight is 885 g/mol. The molecule has 1 saturated heterocycles. The van der Waals surface area contributed by atoms with E-state index in [0.29, 0.717) is 7.25 Å². The molecule has 0 amide bonds. The van der Waals surface area contributed by atoms with Gasteiger partial charge in [0.1, 0.15) is 0 Å². The van der Waals surface area contributed by atoms with Crippen LogP contribution in [-0.2, 0) is 20.3 Å². The zero-order chi connectivity index (χ0) is 38.8. The molecule has 0 saturated carbocycles. The van der Waals surface area contributed by atoms with Crippen LogP contribution in [0.4, 0.5) is 0 Å². The Morgan fingerprint density at radius 3 is 1.03 bits per heavy atom. The van der Waals surface area contributed by atoms with E-state index in [-0.39, 0.29) is 35.6 Å². The second kappa shape index (κ2) is 14.4. The molecule has 2 aliphatic carbocycles. The number of benzene rings is 8. The van der Waals surface area contributed by atoms with E-state index in [9.17, 15) is 0 Å². The van der Waals surface area contributed by atoms with Gasteiger partial charge in [0.2, 0.25) is 0 Å². The van der Waals surface area contributed by atoms with Crippen molar-refractivity contribution < 1.29 is 45.1 Å². The molecule has 8 aromatic rings. The summed E-state index contributed by atoms with van der Waals surface area (Å²) in [6.45, 7) is 14.9. The summed E-state index contributed by atoms with van der Waals surface area (Å²) in [6, 6.07) is 55.6. The van der Waals surface area contributed by atoms with Gasteiger partial charge >= 0.3 is 345 Å². The Morgan fingerprint density at radius 2 is 0.729 bits per heavy atom. The maximum Gasteiger partial charge on any atom is -1.00 e. The number of fused-ring (bicyclic) bond motifs is 6.